The molecule has 0 aliphatic carbocycles. The van der Waals surface area contributed by atoms with Crippen molar-refractivity contribution in [3.05, 3.63) is 151 Å². The number of aromatic nitrogens is 1. The highest BCUT2D eigenvalue weighted by atomic mass is 32.1. The molecule has 0 saturated heterocycles. The number of para-hydroxylation sites is 1. The van der Waals surface area contributed by atoms with E-state index in [1.807, 2.05) is 42.5 Å². The molecule has 8 rings (SSSR count). The van der Waals surface area contributed by atoms with Gasteiger partial charge in [-0.05, 0) is 91.3 Å². The first-order valence-electron chi connectivity index (χ1n) is 14.1. The van der Waals surface area contributed by atoms with Gasteiger partial charge in [-0.2, -0.15) is 0 Å². The Balaban J connectivity index is 1.13. The van der Waals surface area contributed by atoms with Gasteiger partial charge in [-0.25, -0.2) is 13.8 Å². The maximum absolute atomic E-state index is 14.0. The fourth-order valence-electron chi connectivity index (χ4n) is 5.91. The number of halogens is 2. The van der Waals surface area contributed by atoms with E-state index in [0.717, 1.165) is 71.5 Å². The number of fused-ring (bicyclic) bond motifs is 3. The molecule has 0 saturated carbocycles. The molecular formula is C39H23F2NS. The minimum atomic E-state index is -0.582. The van der Waals surface area contributed by atoms with Gasteiger partial charge in [0.05, 0.1) is 10.2 Å². The van der Waals surface area contributed by atoms with Crippen LogP contribution in [0.3, 0.4) is 0 Å². The Morgan fingerprint density at radius 3 is 1.70 bits per heavy atom. The molecule has 0 fully saturated rings. The maximum Gasteiger partial charge on any atom is 0.126 e. The Kier molecular flexibility index (Phi) is 6.09. The summed E-state index contributed by atoms with van der Waals surface area (Å²) in [4.78, 5) is 4.79. The second-order valence-electron chi connectivity index (χ2n) is 10.7. The summed E-state index contributed by atoms with van der Waals surface area (Å²) < 4.78 is 29.2. The molecule has 0 bridgehead atoms. The molecule has 0 atom stereocenters. The Hall–Kier alpha value is -5.19. The molecule has 0 radical (unpaired) electrons. The molecule has 7 aromatic carbocycles. The largest absolute Gasteiger partial charge is 0.236 e. The van der Waals surface area contributed by atoms with Gasteiger partial charge < -0.3 is 0 Å². The van der Waals surface area contributed by atoms with Gasteiger partial charge >= 0.3 is 0 Å². The van der Waals surface area contributed by atoms with E-state index in [1.165, 1.54) is 16.8 Å². The highest BCUT2D eigenvalue weighted by Gasteiger charge is 2.12. The van der Waals surface area contributed by atoms with Crippen LogP contribution in [0, 0.1) is 11.6 Å². The normalized spacial score (nSPS) is 11.5. The summed E-state index contributed by atoms with van der Waals surface area (Å²) in [6, 6.07) is 45.6. The molecule has 8 aromatic rings. The molecule has 43 heavy (non-hydrogen) atoms. The Morgan fingerprint density at radius 2 is 1.00 bits per heavy atom. The number of benzene rings is 7. The van der Waals surface area contributed by atoms with Gasteiger partial charge in [0.15, 0.2) is 0 Å². The SMILES string of the molecule is Fc1cc(F)cc(-c2ccc(-c3ccc4cc(-c5ccc(-c6nc7ccccc7s6)cc5)ccc4c3)c3ccccc23)c1. The predicted molar refractivity (Wildman–Crippen MR) is 176 cm³/mol. The van der Waals surface area contributed by atoms with E-state index in [2.05, 4.69) is 78.9 Å². The van der Waals surface area contributed by atoms with Crippen molar-refractivity contribution in [1.29, 1.82) is 0 Å². The highest BCUT2D eigenvalue weighted by molar-refractivity contribution is 7.21. The van der Waals surface area contributed by atoms with E-state index < -0.39 is 11.6 Å². The van der Waals surface area contributed by atoms with Crippen molar-refractivity contribution < 1.29 is 8.78 Å². The minimum absolute atomic E-state index is 0.527. The Morgan fingerprint density at radius 1 is 0.442 bits per heavy atom. The van der Waals surface area contributed by atoms with Crippen LogP contribution in [0.5, 0.6) is 0 Å². The van der Waals surface area contributed by atoms with Crippen molar-refractivity contribution >= 4 is 43.1 Å². The second kappa shape index (κ2) is 10.3. The molecule has 1 aromatic heterocycles. The lowest BCUT2D eigenvalue weighted by Gasteiger charge is -2.13. The quantitative estimate of drug-likeness (QED) is 0.203. The molecule has 4 heteroatoms. The van der Waals surface area contributed by atoms with Crippen LogP contribution in [0.25, 0.3) is 75.7 Å². The average molecular weight is 576 g/mol. The highest BCUT2D eigenvalue weighted by Crippen LogP contribution is 2.38. The van der Waals surface area contributed by atoms with Crippen LogP contribution in [-0.2, 0) is 0 Å². The molecule has 0 spiro atoms. The molecule has 0 aliphatic heterocycles. The van der Waals surface area contributed by atoms with E-state index in [1.54, 1.807) is 11.3 Å². The number of nitrogens with zero attached hydrogens (tertiary/aromatic N) is 1. The lowest BCUT2D eigenvalue weighted by atomic mass is 9.91. The molecule has 1 nitrogen and oxygen atoms in total. The number of hydrogen-bond acceptors (Lipinski definition) is 2. The molecule has 0 N–H and O–H groups in total. The van der Waals surface area contributed by atoms with Crippen LogP contribution >= 0.6 is 11.3 Å². The third kappa shape index (κ3) is 4.66. The molecule has 0 unspecified atom stereocenters. The van der Waals surface area contributed by atoms with Crippen LogP contribution in [0.2, 0.25) is 0 Å². The van der Waals surface area contributed by atoms with Gasteiger partial charge in [0.1, 0.15) is 16.6 Å². The van der Waals surface area contributed by atoms with Crippen LogP contribution < -0.4 is 0 Å². The monoisotopic (exact) mass is 575 g/mol. The Labute approximate surface area is 251 Å². The molecule has 0 amide bonds. The third-order valence-corrected chi connectivity index (χ3v) is 9.09. The zero-order chi connectivity index (χ0) is 28.9. The average Bonchev–Trinajstić information content (AvgIpc) is 3.48. The van der Waals surface area contributed by atoms with E-state index in [-0.39, 0.29) is 0 Å². The number of hydrogen-bond donors (Lipinski definition) is 0. The van der Waals surface area contributed by atoms with Gasteiger partial charge in [0.2, 0.25) is 0 Å². The van der Waals surface area contributed by atoms with Crippen molar-refractivity contribution in [2.24, 2.45) is 0 Å². The standard InChI is InChI=1S/C39H23F2NS/c40-31-21-30(22-32(41)23-31)34-18-17-33(35-5-1-2-6-36(34)35)29-16-15-27-19-26(13-14-28(27)20-29)24-9-11-25(12-10-24)39-42-37-7-3-4-8-38(37)43-39/h1-23H. The maximum atomic E-state index is 14.0. The Bertz CT molecular complexity index is 2270. The summed E-state index contributed by atoms with van der Waals surface area (Å²) in [6.45, 7) is 0. The van der Waals surface area contributed by atoms with Gasteiger partial charge in [0, 0.05) is 11.6 Å². The molecule has 1 heterocycles. The summed E-state index contributed by atoms with van der Waals surface area (Å²) in [5.41, 5.74) is 7.97. The molecule has 0 aliphatic rings. The summed E-state index contributed by atoms with van der Waals surface area (Å²) in [5.74, 6) is -1.16. The van der Waals surface area contributed by atoms with E-state index in [4.69, 9.17) is 4.98 Å². The van der Waals surface area contributed by atoms with E-state index in [9.17, 15) is 8.78 Å². The zero-order valence-electron chi connectivity index (χ0n) is 22.9. The smallest absolute Gasteiger partial charge is 0.126 e. The fourth-order valence-corrected chi connectivity index (χ4v) is 6.88. The first-order valence-corrected chi connectivity index (χ1v) is 14.9. The number of rotatable bonds is 4. The summed E-state index contributed by atoms with van der Waals surface area (Å²) in [7, 11) is 0. The second-order valence-corrected chi connectivity index (χ2v) is 11.7. The summed E-state index contributed by atoms with van der Waals surface area (Å²) >= 11 is 1.71. The fraction of sp³-hybridized carbons (Fsp3) is 0. The van der Waals surface area contributed by atoms with Crippen LogP contribution in [0.1, 0.15) is 0 Å². The van der Waals surface area contributed by atoms with Gasteiger partial charge in [-0.15, -0.1) is 11.3 Å². The lowest BCUT2D eigenvalue weighted by Crippen LogP contribution is -1.89. The van der Waals surface area contributed by atoms with E-state index in [0.29, 0.717) is 5.56 Å². The van der Waals surface area contributed by atoms with Gasteiger partial charge in [0.25, 0.3) is 0 Å². The lowest BCUT2D eigenvalue weighted by molar-refractivity contribution is 0.584. The zero-order valence-corrected chi connectivity index (χ0v) is 23.7. The van der Waals surface area contributed by atoms with Crippen LogP contribution in [0.4, 0.5) is 8.78 Å². The molecular weight excluding hydrogens is 552 g/mol. The van der Waals surface area contributed by atoms with Crippen molar-refractivity contribution in [1.82, 2.24) is 4.98 Å². The van der Waals surface area contributed by atoms with Crippen LogP contribution in [0.15, 0.2) is 140 Å². The number of thiazole rings is 1. The van der Waals surface area contributed by atoms with Crippen molar-refractivity contribution in [2.75, 3.05) is 0 Å². The van der Waals surface area contributed by atoms with Crippen molar-refractivity contribution in [3.63, 3.8) is 0 Å². The predicted octanol–water partition coefficient (Wildman–Crippen LogP) is 11.5. The van der Waals surface area contributed by atoms with Gasteiger partial charge in [-0.1, -0.05) is 97.1 Å². The topological polar surface area (TPSA) is 12.9 Å². The van der Waals surface area contributed by atoms with E-state index >= 15 is 0 Å². The summed E-state index contributed by atoms with van der Waals surface area (Å²) in [6.07, 6.45) is 0. The third-order valence-electron chi connectivity index (χ3n) is 8.01. The first-order chi connectivity index (χ1) is 21.1. The van der Waals surface area contributed by atoms with Gasteiger partial charge in [-0.3, -0.25) is 0 Å². The summed E-state index contributed by atoms with van der Waals surface area (Å²) in [5, 5.41) is 5.33. The minimum Gasteiger partial charge on any atom is -0.236 e. The van der Waals surface area contributed by atoms with Crippen molar-refractivity contribution in [2.45, 2.75) is 0 Å². The van der Waals surface area contributed by atoms with Crippen molar-refractivity contribution in [3.8, 4) is 44.0 Å². The van der Waals surface area contributed by atoms with Crippen LogP contribution in [-0.4, -0.2) is 4.98 Å². The first kappa shape index (κ1) is 25.5. The molecule has 204 valence electrons.